The van der Waals surface area contributed by atoms with Gasteiger partial charge in [-0.05, 0) is 18.7 Å². The standard InChI is InChI=1S/C14H17N3O2/c1-17-13(18)12(16-14(17)7-8-15-9-14)10-5-3-4-6-11(10)19-2/h3-6,15H,7-9H2,1-2H3/t14-/m0/s1. The quantitative estimate of drug-likeness (QED) is 0.848. The molecule has 0 saturated carbocycles. The Morgan fingerprint density at radius 1 is 1.42 bits per heavy atom. The molecular weight excluding hydrogens is 242 g/mol. The van der Waals surface area contributed by atoms with Crippen molar-refractivity contribution in [2.45, 2.75) is 12.1 Å². The number of rotatable bonds is 2. The van der Waals surface area contributed by atoms with Gasteiger partial charge in [-0.15, -0.1) is 0 Å². The summed E-state index contributed by atoms with van der Waals surface area (Å²) in [6.07, 6.45) is 0.855. The SMILES string of the molecule is COc1ccccc1C1=N[C@@]2(CCNC2)N(C)C1=O. The number of hydrogen-bond donors (Lipinski definition) is 1. The van der Waals surface area contributed by atoms with Crippen molar-refractivity contribution >= 4 is 11.6 Å². The molecule has 0 aromatic heterocycles. The molecule has 1 fully saturated rings. The van der Waals surface area contributed by atoms with Crippen molar-refractivity contribution in [1.82, 2.24) is 10.2 Å². The highest BCUT2D eigenvalue weighted by atomic mass is 16.5. The highest BCUT2D eigenvalue weighted by Crippen LogP contribution is 2.32. The fourth-order valence-electron chi connectivity index (χ4n) is 2.74. The molecule has 2 aliphatic heterocycles. The van der Waals surface area contributed by atoms with Crippen LogP contribution in [-0.4, -0.2) is 49.4 Å². The van der Waals surface area contributed by atoms with Crippen LogP contribution in [0, 0.1) is 0 Å². The molecule has 0 unspecified atom stereocenters. The first-order chi connectivity index (χ1) is 9.18. The first kappa shape index (κ1) is 12.2. The summed E-state index contributed by atoms with van der Waals surface area (Å²) in [4.78, 5) is 18.9. The minimum Gasteiger partial charge on any atom is -0.496 e. The summed E-state index contributed by atoms with van der Waals surface area (Å²) < 4.78 is 5.33. The topological polar surface area (TPSA) is 53.9 Å². The lowest BCUT2D eigenvalue weighted by Gasteiger charge is -2.28. The molecule has 3 rings (SSSR count). The van der Waals surface area contributed by atoms with Crippen LogP contribution < -0.4 is 10.1 Å². The molecule has 1 spiro atoms. The fourth-order valence-corrected chi connectivity index (χ4v) is 2.74. The molecule has 5 heteroatoms. The average molecular weight is 259 g/mol. The molecule has 19 heavy (non-hydrogen) atoms. The van der Waals surface area contributed by atoms with E-state index < -0.39 is 5.66 Å². The van der Waals surface area contributed by atoms with Gasteiger partial charge in [0.05, 0.1) is 7.11 Å². The molecule has 0 radical (unpaired) electrons. The summed E-state index contributed by atoms with van der Waals surface area (Å²) in [7, 11) is 3.43. The molecule has 1 aromatic rings. The van der Waals surface area contributed by atoms with Crippen molar-refractivity contribution in [2.24, 2.45) is 4.99 Å². The van der Waals surface area contributed by atoms with E-state index in [9.17, 15) is 4.79 Å². The number of carbonyl (C=O) groups is 1. The van der Waals surface area contributed by atoms with Crippen molar-refractivity contribution in [3.63, 3.8) is 0 Å². The minimum absolute atomic E-state index is 0.0341. The van der Waals surface area contributed by atoms with E-state index in [1.807, 2.05) is 31.3 Å². The van der Waals surface area contributed by atoms with Crippen LogP contribution in [0.15, 0.2) is 29.3 Å². The first-order valence-electron chi connectivity index (χ1n) is 6.40. The van der Waals surface area contributed by atoms with Gasteiger partial charge in [0.25, 0.3) is 5.91 Å². The summed E-state index contributed by atoms with van der Waals surface area (Å²) in [5.41, 5.74) is 0.863. The van der Waals surface area contributed by atoms with E-state index >= 15 is 0 Å². The number of likely N-dealkylation sites (N-methyl/N-ethyl adjacent to an activating group) is 1. The van der Waals surface area contributed by atoms with Crippen molar-refractivity contribution in [1.29, 1.82) is 0 Å². The summed E-state index contributed by atoms with van der Waals surface area (Å²) in [5.74, 6) is 0.652. The van der Waals surface area contributed by atoms with Gasteiger partial charge in [0.1, 0.15) is 17.1 Å². The maximum Gasteiger partial charge on any atom is 0.274 e. The number of nitrogens with one attached hydrogen (secondary N) is 1. The average Bonchev–Trinajstić information content (AvgIpc) is 3.01. The fraction of sp³-hybridized carbons (Fsp3) is 0.429. The third-order valence-corrected chi connectivity index (χ3v) is 3.92. The van der Waals surface area contributed by atoms with Crippen molar-refractivity contribution in [3.8, 4) is 5.75 Å². The number of nitrogens with zero attached hydrogens (tertiary/aromatic N) is 2. The second-order valence-electron chi connectivity index (χ2n) is 4.93. The zero-order valence-electron chi connectivity index (χ0n) is 11.1. The Bertz CT molecular complexity index is 547. The third kappa shape index (κ3) is 1.73. The number of aliphatic imine (C=N–C) groups is 1. The Kier molecular flexibility index (Phi) is 2.78. The van der Waals surface area contributed by atoms with Crippen LogP contribution in [0.25, 0.3) is 0 Å². The van der Waals surface area contributed by atoms with Crippen LogP contribution in [0.4, 0.5) is 0 Å². The van der Waals surface area contributed by atoms with E-state index in [-0.39, 0.29) is 5.91 Å². The van der Waals surface area contributed by atoms with Gasteiger partial charge in [0.15, 0.2) is 0 Å². The summed E-state index contributed by atoms with van der Waals surface area (Å²) in [6, 6.07) is 7.51. The van der Waals surface area contributed by atoms with Gasteiger partial charge in [-0.25, -0.2) is 4.99 Å². The monoisotopic (exact) mass is 259 g/mol. The Labute approximate surface area is 112 Å². The Morgan fingerprint density at radius 2 is 2.21 bits per heavy atom. The summed E-state index contributed by atoms with van der Waals surface area (Å²) in [6.45, 7) is 1.61. The van der Waals surface area contributed by atoms with Crippen molar-refractivity contribution in [2.75, 3.05) is 27.2 Å². The molecule has 1 amide bonds. The van der Waals surface area contributed by atoms with E-state index in [2.05, 4.69) is 5.32 Å². The van der Waals surface area contributed by atoms with Gasteiger partial charge >= 0.3 is 0 Å². The third-order valence-electron chi connectivity index (χ3n) is 3.92. The number of para-hydroxylation sites is 1. The van der Waals surface area contributed by atoms with Gasteiger partial charge in [0.2, 0.25) is 0 Å². The molecule has 5 nitrogen and oxygen atoms in total. The molecule has 1 saturated heterocycles. The lowest BCUT2D eigenvalue weighted by atomic mass is 10.1. The highest BCUT2D eigenvalue weighted by molar-refractivity contribution is 6.47. The zero-order valence-corrected chi connectivity index (χ0v) is 11.1. The van der Waals surface area contributed by atoms with E-state index in [0.29, 0.717) is 18.0 Å². The molecular formula is C14H17N3O2. The van der Waals surface area contributed by atoms with Crippen molar-refractivity contribution in [3.05, 3.63) is 29.8 Å². The molecule has 100 valence electrons. The predicted molar refractivity (Wildman–Crippen MR) is 72.5 cm³/mol. The van der Waals surface area contributed by atoms with E-state index in [1.54, 1.807) is 12.0 Å². The number of carbonyl (C=O) groups excluding carboxylic acids is 1. The molecule has 2 heterocycles. The van der Waals surface area contributed by atoms with Crippen LogP contribution in [0.3, 0.4) is 0 Å². The zero-order chi connectivity index (χ0) is 13.5. The summed E-state index contributed by atoms with van der Waals surface area (Å²) in [5, 5.41) is 3.27. The van der Waals surface area contributed by atoms with E-state index in [1.165, 1.54) is 0 Å². The molecule has 1 atom stereocenters. The second-order valence-corrected chi connectivity index (χ2v) is 4.93. The minimum atomic E-state index is -0.409. The maximum absolute atomic E-state index is 12.4. The molecule has 0 bridgehead atoms. The van der Waals surface area contributed by atoms with Crippen LogP contribution in [-0.2, 0) is 4.79 Å². The Hall–Kier alpha value is -1.88. The number of amides is 1. The van der Waals surface area contributed by atoms with Gasteiger partial charge < -0.3 is 15.0 Å². The van der Waals surface area contributed by atoms with Crippen molar-refractivity contribution < 1.29 is 9.53 Å². The lowest BCUT2D eigenvalue weighted by Crippen LogP contribution is -2.45. The van der Waals surface area contributed by atoms with Gasteiger partial charge in [0, 0.05) is 25.6 Å². The van der Waals surface area contributed by atoms with Gasteiger partial charge in [-0.1, -0.05) is 12.1 Å². The molecule has 2 aliphatic rings. The van der Waals surface area contributed by atoms with Crippen LogP contribution in [0.1, 0.15) is 12.0 Å². The van der Waals surface area contributed by atoms with E-state index in [4.69, 9.17) is 9.73 Å². The van der Waals surface area contributed by atoms with Crippen LogP contribution in [0.2, 0.25) is 0 Å². The smallest absolute Gasteiger partial charge is 0.274 e. The number of methoxy groups -OCH3 is 1. The molecule has 1 N–H and O–H groups in total. The number of hydrogen-bond acceptors (Lipinski definition) is 4. The second kappa shape index (κ2) is 4.35. The molecule has 0 aliphatic carbocycles. The highest BCUT2D eigenvalue weighted by Gasteiger charge is 2.47. The maximum atomic E-state index is 12.4. The van der Waals surface area contributed by atoms with Crippen LogP contribution >= 0.6 is 0 Å². The number of ether oxygens (including phenoxy) is 1. The Balaban J connectivity index is 2.07. The largest absolute Gasteiger partial charge is 0.496 e. The predicted octanol–water partition coefficient (Wildman–Crippen LogP) is 0.646. The van der Waals surface area contributed by atoms with E-state index in [0.717, 1.165) is 18.5 Å². The van der Waals surface area contributed by atoms with Gasteiger partial charge in [-0.3, -0.25) is 4.79 Å². The first-order valence-corrected chi connectivity index (χ1v) is 6.40. The number of benzene rings is 1. The molecule has 1 aromatic carbocycles. The normalized spacial score (nSPS) is 26.1. The van der Waals surface area contributed by atoms with Crippen LogP contribution in [0.5, 0.6) is 5.75 Å². The summed E-state index contributed by atoms with van der Waals surface area (Å²) >= 11 is 0. The van der Waals surface area contributed by atoms with Gasteiger partial charge in [-0.2, -0.15) is 0 Å². The lowest BCUT2D eigenvalue weighted by molar-refractivity contribution is -0.125. The Morgan fingerprint density at radius 3 is 2.89 bits per heavy atom.